The maximum Gasteiger partial charge on any atom is 0.00108 e. The molecule has 1 heteroatoms. The summed E-state index contributed by atoms with van der Waals surface area (Å²) in [5, 5.41) is 0. The average Bonchev–Trinajstić information content (AvgIpc) is 2.01. The van der Waals surface area contributed by atoms with Crippen LogP contribution in [-0.2, 0) is 6.42 Å². The van der Waals surface area contributed by atoms with Gasteiger partial charge in [0.15, 0.2) is 0 Å². The number of hydrogen-bond donors (Lipinski definition) is 1. The summed E-state index contributed by atoms with van der Waals surface area (Å²) < 4.78 is 0. The van der Waals surface area contributed by atoms with E-state index in [1.807, 2.05) is 0 Å². The first-order chi connectivity index (χ1) is 5.68. The zero-order valence-electron chi connectivity index (χ0n) is 7.51. The van der Waals surface area contributed by atoms with Gasteiger partial charge in [-0.25, -0.2) is 0 Å². The van der Waals surface area contributed by atoms with Gasteiger partial charge < -0.3 is 5.73 Å². The molecule has 0 radical (unpaired) electrons. The predicted octanol–water partition coefficient (Wildman–Crippen LogP) is 2.40. The molecule has 1 aromatic carbocycles. The van der Waals surface area contributed by atoms with Crippen LogP contribution in [0, 0.1) is 6.92 Å². The highest BCUT2D eigenvalue weighted by molar-refractivity contribution is 5.22. The van der Waals surface area contributed by atoms with Gasteiger partial charge in [0.25, 0.3) is 0 Å². The smallest absolute Gasteiger partial charge is 0.00108 e. The van der Waals surface area contributed by atoms with E-state index in [1.165, 1.54) is 11.1 Å². The van der Waals surface area contributed by atoms with E-state index < -0.39 is 0 Å². The molecule has 12 heavy (non-hydrogen) atoms. The lowest BCUT2D eigenvalue weighted by Crippen LogP contribution is -1.96. The number of hydrogen-bond acceptors (Lipinski definition) is 1. The van der Waals surface area contributed by atoms with Crippen molar-refractivity contribution in [1.82, 2.24) is 0 Å². The minimum Gasteiger partial charge on any atom is -0.403 e. The van der Waals surface area contributed by atoms with Crippen LogP contribution in [-0.4, -0.2) is 0 Å². The third-order valence-electron chi connectivity index (χ3n) is 1.82. The molecule has 2 N–H and O–H groups in total. The van der Waals surface area contributed by atoms with Crippen LogP contribution in [0.3, 0.4) is 0 Å². The third kappa shape index (κ3) is 2.79. The Morgan fingerprint density at radius 2 is 2.25 bits per heavy atom. The fourth-order valence-electron chi connectivity index (χ4n) is 1.17. The molecule has 0 unspecified atom stereocenters. The molecule has 1 rings (SSSR count). The van der Waals surface area contributed by atoms with Crippen LogP contribution in [0.2, 0.25) is 0 Å². The molecule has 0 atom stereocenters. The standard InChI is InChI=1S/C11H15N/c1-9-4-3-5-11(8-9)7-6-10(2)12/h3-5,8H,2,6-7,12H2,1H3. The van der Waals surface area contributed by atoms with Gasteiger partial charge in [-0.1, -0.05) is 36.4 Å². The summed E-state index contributed by atoms with van der Waals surface area (Å²) in [6, 6.07) is 8.48. The molecule has 0 aliphatic rings. The van der Waals surface area contributed by atoms with E-state index in [0.29, 0.717) is 0 Å². The van der Waals surface area contributed by atoms with Gasteiger partial charge in [-0.3, -0.25) is 0 Å². The van der Waals surface area contributed by atoms with E-state index in [0.717, 1.165) is 18.5 Å². The molecule has 64 valence electrons. The molecule has 0 bridgehead atoms. The number of allylic oxidation sites excluding steroid dienone is 1. The molecular formula is C11H15N. The van der Waals surface area contributed by atoms with Crippen LogP contribution < -0.4 is 5.73 Å². The molecule has 0 amide bonds. The zero-order valence-corrected chi connectivity index (χ0v) is 7.51. The van der Waals surface area contributed by atoms with Crippen LogP contribution in [0.4, 0.5) is 0 Å². The largest absolute Gasteiger partial charge is 0.403 e. The minimum atomic E-state index is 0.761. The molecule has 0 aliphatic heterocycles. The van der Waals surface area contributed by atoms with Crippen molar-refractivity contribution in [2.45, 2.75) is 19.8 Å². The highest BCUT2D eigenvalue weighted by Crippen LogP contribution is 2.07. The fourth-order valence-corrected chi connectivity index (χ4v) is 1.17. The van der Waals surface area contributed by atoms with Crippen molar-refractivity contribution >= 4 is 0 Å². The second-order valence-electron chi connectivity index (χ2n) is 3.15. The zero-order chi connectivity index (χ0) is 8.97. The number of nitrogens with two attached hydrogens (primary N) is 1. The summed E-state index contributed by atoms with van der Waals surface area (Å²) in [5.41, 5.74) is 8.88. The lowest BCUT2D eigenvalue weighted by Gasteiger charge is -2.01. The molecule has 0 aliphatic carbocycles. The first kappa shape index (κ1) is 8.85. The van der Waals surface area contributed by atoms with Gasteiger partial charge in [-0.15, -0.1) is 0 Å². The monoisotopic (exact) mass is 161 g/mol. The van der Waals surface area contributed by atoms with Gasteiger partial charge in [0.05, 0.1) is 0 Å². The summed E-state index contributed by atoms with van der Waals surface area (Å²) in [6.07, 6.45) is 1.88. The van der Waals surface area contributed by atoms with Crippen LogP contribution in [0.1, 0.15) is 17.5 Å². The first-order valence-electron chi connectivity index (χ1n) is 4.17. The van der Waals surface area contributed by atoms with E-state index in [2.05, 4.69) is 37.8 Å². The Kier molecular flexibility index (Phi) is 2.92. The van der Waals surface area contributed by atoms with Crippen LogP contribution >= 0.6 is 0 Å². The molecular weight excluding hydrogens is 146 g/mol. The lowest BCUT2D eigenvalue weighted by molar-refractivity contribution is 0.930. The van der Waals surface area contributed by atoms with E-state index >= 15 is 0 Å². The SMILES string of the molecule is C=C(N)CCc1cccc(C)c1. The average molecular weight is 161 g/mol. The summed E-state index contributed by atoms with van der Waals surface area (Å²) in [7, 11) is 0. The van der Waals surface area contributed by atoms with Gasteiger partial charge in [0.1, 0.15) is 0 Å². The normalized spacial score (nSPS) is 9.75. The van der Waals surface area contributed by atoms with Crippen LogP contribution in [0.25, 0.3) is 0 Å². The summed E-state index contributed by atoms with van der Waals surface area (Å²) in [5.74, 6) is 0. The number of benzene rings is 1. The summed E-state index contributed by atoms with van der Waals surface area (Å²) >= 11 is 0. The molecule has 0 heterocycles. The molecule has 0 saturated heterocycles. The van der Waals surface area contributed by atoms with E-state index in [-0.39, 0.29) is 0 Å². The Hall–Kier alpha value is -1.24. The highest BCUT2D eigenvalue weighted by atomic mass is 14.5. The molecule has 0 spiro atoms. The van der Waals surface area contributed by atoms with Crippen LogP contribution in [0.5, 0.6) is 0 Å². The molecule has 0 aromatic heterocycles. The maximum absolute atomic E-state index is 5.48. The Balaban J connectivity index is 2.57. The molecule has 0 fully saturated rings. The Bertz CT molecular complexity index is 276. The third-order valence-corrected chi connectivity index (χ3v) is 1.82. The van der Waals surface area contributed by atoms with Gasteiger partial charge in [-0.2, -0.15) is 0 Å². The van der Waals surface area contributed by atoms with Crippen molar-refractivity contribution in [2.75, 3.05) is 0 Å². The van der Waals surface area contributed by atoms with Crippen molar-refractivity contribution in [2.24, 2.45) is 5.73 Å². The minimum absolute atomic E-state index is 0.761. The van der Waals surface area contributed by atoms with E-state index in [1.54, 1.807) is 0 Å². The molecule has 1 nitrogen and oxygen atoms in total. The highest BCUT2D eigenvalue weighted by Gasteiger charge is 1.93. The van der Waals surface area contributed by atoms with E-state index in [9.17, 15) is 0 Å². The fraction of sp³-hybridized carbons (Fsp3) is 0.273. The summed E-state index contributed by atoms with van der Waals surface area (Å²) in [4.78, 5) is 0. The lowest BCUT2D eigenvalue weighted by atomic mass is 10.1. The second kappa shape index (κ2) is 3.96. The quantitative estimate of drug-likeness (QED) is 0.723. The van der Waals surface area contributed by atoms with Gasteiger partial charge in [-0.05, 0) is 25.3 Å². The Morgan fingerprint density at radius 1 is 1.50 bits per heavy atom. The van der Waals surface area contributed by atoms with Crippen molar-refractivity contribution < 1.29 is 0 Å². The van der Waals surface area contributed by atoms with E-state index in [4.69, 9.17) is 5.73 Å². The Morgan fingerprint density at radius 3 is 2.83 bits per heavy atom. The molecule has 0 saturated carbocycles. The van der Waals surface area contributed by atoms with Crippen LogP contribution in [0.15, 0.2) is 36.5 Å². The topological polar surface area (TPSA) is 26.0 Å². The van der Waals surface area contributed by atoms with Crippen molar-refractivity contribution in [3.05, 3.63) is 47.7 Å². The predicted molar refractivity (Wildman–Crippen MR) is 52.8 cm³/mol. The first-order valence-corrected chi connectivity index (χ1v) is 4.17. The maximum atomic E-state index is 5.48. The molecule has 1 aromatic rings. The van der Waals surface area contributed by atoms with Crippen molar-refractivity contribution in [1.29, 1.82) is 0 Å². The van der Waals surface area contributed by atoms with Gasteiger partial charge >= 0.3 is 0 Å². The number of rotatable bonds is 3. The second-order valence-corrected chi connectivity index (χ2v) is 3.15. The Labute approximate surface area is 73.9 Å². The number of aryl methyl sites for hydroxylation is 2. The van der Waals surface area contributed by atoms with Gasteiger partial charge in [0, 0.05) is 5.70 Å². The van der Waals surface area contributed by atoms with Gasteiger partial charge in [0.2, 0.25) is 0 Å². The van der Waals surface area contributed by atoms with Crippen molar-refractivity contribution in [3.8, 4) is 0 Å². The summed E-state index contributed by atoms with van der Waals surface area (Å²) in [6.45, 7) is 5.77. The van der Waals surface area contributed by atoms with Crippen molar-refractivity contribution in [3.63, 3.8) is 0 Å².